The van der Waals surface area contributed by atoms with Crippen LogP contribution in [0.25, 0.3) is 11.3 Å². The average molecular weight is 408 g/mol. The molecule has 2 fully saturated rings. The highest BCUT2D eigenvalue weighted by atomic mass is 16.1. The van der Waals surface area contributed by atoms with Crippen LogP contribution in [0.5, 0.6) is 0 Å². The fourth-order valence-corrected chi connectivity index (χ4v) is 4.52. The number of carbonyl (C=O) groups excluding carboxylic acids is 1. The van der Waals surface area contributed by atoms with Crippen LogP contribution < -0.4 is 10.2 Å². The van der Waals surface area contributed by atoms with Gasteiger partial charge in [-0.1, -0.05) is 23.8 Å². The minimum absolute atomic E-state index is 0.117. The van der Waals surface area contributed by atoms with Crippen LogP contribution in [0.2, 0.25) is 0 Å². The molecule has 0 radical (unpaired) electrons. The molecule has 2 saturated heterocycles. The van der Waals surface area contributed by atoms with Crippen molar-refractivity contribution in [3.05, 3.63) is 42.2 Å². The van der Waals surface area contributed by atoms with Crippen LogP contribution in [0, 0.1) is 12.8 Å². The van der Waals surface area contributed by atoms with E-state index in [2.05, 4.69) is 62.3 Å². The fourth-order valence-electron chi connectivity index (χ4n) is 4.52. The SMILES string of the molecule is Cc1cccc(-c2cc(N3CCC(C(=O)NCCCN4CCCC4)CC3)ncn2)c1. The Labute approximate surface area is 179 Å². The minimum atomic E-state index is 0.117. The van der Waals surface area contributed by atoms with E-state index in [0.29, 0.717) is 0 Å². The van der Waals surface area contributed by atoms with Gasteiger partial charge in [-0.05, 0) is 64.7 Å². The minimum Gasteiger partial charge on any atom is -0.356 e. The monoisotopic (exact) mass is 407 g/mol. The number of aryl methyl sites for hydroxylation is 1. The Hall–Kier alpha value is -2.47. The standard InChI is InChI=1S/C24H33N5O/c1-19-6-4-7-21(16-19)22-17-23(27-18-26-22)29-14-8-20(9-15-29)24(30)25-10-5-13-28-11-2-3-12-28/h4,6-7,16-18,20H,2-3,5,8-15H2,1H3,(H,25,30). The zero-order valence-corrected chi connectivity index (χ0v) is 18.0. The lowest BCUT2D eigenvalue weighted by Gasteiger charge is -2.32. The van der Waals surface area contributed by atoms with Crippen molar-refractivity contribution >= 4 is 11.7 Å². The van der Waals surface area contributed by atoms with E-state index in [1.807, 2.05) is 0 Å². The molecule has 0 spiro atoms. The van der Waals surface area contributed by atoms with Crippen molar-refractivity contribution < 1.29 is 4.79 Å². The zero-order chi connectivity index (χ0) is 20.8. The number of hydrogen-bond donors (Lipinski definition) is 1. The summed E-state index contributed by atoms with van der Waals surface area (Å²) in [7, 11) is 0. The number of rotatable bonds is 7. The second-order valence-electron chi connectivity index (χ2n) is 8.59. The van der Waals surface area contributed by atoms with Gasteiger partial charge >= 0.3 is 0 Å². The summed E-state index contributed by atoms with van der Waals surface area (Å²) in [5.41, 5.74) is 3.28. The van der Waals surface area contributed by atoms with E-state index in [0.717, 1.165) is 62.5 Å². The van der Waals surface area contributed by atoms with E-state index >= 15 is 0 Å². The van der Waals surface area contributed by atoms with E-state index in [1.165, 1.54) is 31.5 Å². The maximum absolute atomic E-state index is 12.5. The number of likely N-dealkylation sites (tertiary alicyclic amines) is 1. The number of aromatic nitrogens is 2. The van der Waals surface area contributed by atoms with Crippen LogP contribution in [0.3, 0.4) is 0 Å². The van der Waals surface area contributed by atoms with E-state index in [-0.39, 0.29) is 11.8 Å². The number of hydrogen-bond acceptors (Lipinski definition) is 5. The molecule has 6 heteroatoms. The lowest BCUT2D eigenvalue weighted by molar-refractivity contribution is -0.125. The quantitative estimate of drug-likeness (QED) is 0.714. The second-order valence-corrected chi connectivity index (χ2v) is 8.59. The number of benzene rings is 1. The Bertz CT molecular complexity index is 841. The molecule has 2 aromatic rings. The Kier molecular flexibility index (Phi) is 6.95. The summed E-state index contributed by atoms with van der Waals surface area (Å²) in [6.07, 6.45) is 7.09. The largest absolute Gasteiger partial charge is 0.356 e. The van der Waals surface area contributed by atoms with E-state index in [4.69, 9.17) is 0 Å². The molecule has 2 aliphatic rings. The van der Waals surface area contributed by atoms with Gasteiger partial charge in [0.05, 0.1) is 5.69 Å². The Balaban J connectivity index is 1.25. The topological polar surface area (TPSA) is 61.4 Å². The third kappa shape index (κ3) is 5.36. The highest BCUT2D eigenvalue weighted by Crippen LogP contribution is 2.25. The van der Waals surface area contributed by atoms with Gasteiger partial charge in [0, 0.05) is 37.2 Å². The lowest BCUT2D eigenvalue weighted by Crippen LogP contribution is -2.41. The van der Waals surface area contributed by atoms with Crippen molar-refractivity contribution in [3.63, 3.8) is 0 Å². The number of nitrogens with one attached hydrogen (secondary N) is 1. The van der Waals surface area contributed by atoms with E-state index < -0.39 is 0 Å². The molecule has 0 aliphatic carbocycles. The van der Waals surface area contributed by atoms with Crippen molar-refractivity contribution in [3.8, 4) is 11.3 Å². The Morgan fingerprint density at radius 2 is 1.90 bits per heavy atom. The first-order valence-corrected chi connectivity index (χ1v) is 11.3. The fraction of sp³-hybridized carbons (Fsp3) is 0.542. The molecule has 1 amide bonds. The molecule has 1 aromatic carbocycles. The molecular weight excluding hydrogens is 374 g/mol. The molecule has 0 atom stereocenters. The molecule has 160 valence electrons. The van der Waals surface area contributed by atoms with Crippen molar-refractivity contribution in [2.75, 3.05) is 44.2 Å². The van der Waals surface area contributed by atoms with Crippen molar-refractivity contribution in [2.45, 2.75) is 39.0 Å². The van der Waals surface area contributed by atoms with Crippen molar-refractivity contribution in [1.29, 1.82) is 0 Å². The van der Waals surface area contributed by atoms with Crippen LogP contribution in [0.1, 0.15) is 37.7 Å². The molecule has 30 heavy (non-hydrogen) atoms. The summed E-state index contributed by atoms with van der Waals surface area (Å²) in [6, 6.07) is 10.4. The second kappa shape index (κ2) is 10.0. The number of carbonyl (C=O) groups is 1. The van der Waals surface area contributed by atoms with Crippen LogP contribution in [-0.2, 0) is 4.79 Å². The van der Waals surface area contributed by atoms with E-state index in [1.54, 1.807) is 6.33 Å². The third-order valence-electron chi connectivity index (χ3n) is 6.31. The van der Waals surface area contributed by atoms with Crippen LogP contribution in [0.15, 0.2) is 36.7 Å². The highest BCUT2D eigenvalue weighted by molar-refractivity contribution is 5.79. The zero-order valence-electron chi connectivity index (χ0n) is 18.0. The number of nitrogens with zero attached hydrogens (tertiary/aromatic N) is 4. The molecule has 0 unspecified atom stereocenters. The highest BCUT2D eigenvalue weighted by Gasteiger charge is 2.25. The molecule has 4 rings (SSSR count). The summed E-state index contributed by atoms with van der Waals surface area (Å²) < 4.78 is 0. The first-order valence-electron chi connectivity index (χ1n) is 11.3. The molecule has 6 nitrogen and oxygen atoms in total. The van der Waals surface area contributed by atoms with Gasteiger partial charge in [-0.15, -0.1) is 0 Å². The predicted molar refractivity (Wildman–Crippen MR) is 120 cm³/mol. The first-order chi connectivity index (χ1) is 14.7. The van der Waals surface area contributed by atoms with E-state index in [9.17, 15) is 4.79 Å². The van der Waals surface area contributed by atoms with Crippen LogP contribution in [-0.4, -0.2) is 60.0 Å². The molecule has 2 aliphatic heterocycles. The average Bonchev–Trinajstić information content (AvgIpc) is 3.30. The molecule has 3 heterocycles. The van der Waals surface area contributed by atoms with Gasteiger partial charge in [0.15, 0.2) is 0 Å². The maximum Gasteiger partial charge on any atom is 0.223 e. The summed E-state index contributed by atoms with van der Waals surface area (Å²) >= 11 is 0. The van der Waals surface area contributed by atoms with Gasteiger partial charge in [-0.3, -0.25) is 4.79 Å². The Morgan fingerprint density at radius 1 is 1.10 bits per heavy atom. The summed E-state index contributed by atoms with van der Waals surface area (Å²) in [6.45, 7) is 8.15. The number of anilines is 1. The summed E-state index contributed by atoms with van der Waals surface area (Å²) in [5.74, 6) is 1.29. The summed E-state index contributed by atoms with van der Waals surface area (Å²) in [4.78, 5) is 26.3. The van der Waals surface area contributed by atoms with Gasteiger partial charge in [0.25, 0.3) is 0 Å². The number of piperidine rings is 1. The first kappa shape index (κ1) is 20.8. The molecule has 1 aromatic heterocycles. The van der Waals surface area contributed by atoms with Crippen LogP contribution in [0.4, 0.5) is 5.82 Å². The van der Waals surface area contributed by atoms with Gasteiger partial charge in [-0.2, -0.15) is 0 Å². The summed E-state index contributed by atoms with van der Waals surface area (Å²) in [5, 5.41) is 3.16. The predicted octanol–water partition coefficient (Wildman–Crippen LogP) is 3.27. The maximum atomic E-state index is 12.5. The third-order valence-corrected chi connectivity index (χ3v) is 6.31. The normalized spacial score (nSPS) is 18.0. The van der Waals surface area contributed by atoms with Gasteiger partial charge in [-0.25, -0.2) is 9.97 Å². The van der Waals surface area contributed by atoms with Crippen molar-refractivity contribution in [1.82, 2.24) is 20.2 Å². The number of amides is 1. The molecule has 0 bridgehead atoms. The smallest absolute Gasteiger partial charge is 0.223 e. The molecular formula is C24H33N5O. The Morgan fingerprint density at radius 3 is 2.67 bits per heavy atom. The van der Waals surface area contributed by atoms with Crippen LogP contribution >= 0.6 is 0 Å². The van der Waals surface area contributed by atoms with Gasteiger partial charge in [0.1, 0.15) is 12.1 Å². The molecule has 1 N–H and O–H groups in total. The van der Waals surface area contributed by atoms with Gasteiger partial charge < -0.3 is 15.1 Å². The van der Waals surface area contributed by atoms with Crippen molar-refractivity contribution in [2.24, 2.45) is 5.92 Å². The lowest BCUT2D eigenvalue weighted by atomic mass is 9.96. The molecule has 0 saturated carbocycles. The van der Waals surface area contributed by atoms with Gasteiger partial charge in [0.2, 0.25) is 5.91 Å².